The van der Waals surface area contributed by atoms with Crippen LogP contribution in [0.1, 0.15) is 5.56 Å². The van der Waals surface area contributed by atoms with Gasteiger partial charge in [-0.2, -0.15) is 0 Å². The van der Waals surface area contributed by atoms with Gasteiger partial charge >= 0.3 is 0 Å². The summed E-state index contributed by atoms with van der Waals surface area (Å²) in [5.74, 6) is 0. The van der Waals surface area contributed by atoms with Crippen LogP contribution in [0.3, 0.4) is 0 Å². The molecule has 0 aliphatic carbocycles. The lowest BCUT2D eigenvalue weighted by Gasteiger charge is -2.18. The predicted octanol–water partition coefficient (Wildman–Crippen LogP) is 6.53. The van der Waals surface area contributed by atoms with Crippen molar-refractivity contribution in [1.29, 1.82) is 0 Å². The molecule has 0 aliphatic heterocycles. The molecule has 0 spiro atoms. The molecule has 31 heavy (non-hydrogen) atoms. The molecule has 2 aromatic carbocycles. The maximum absolute atomic E-state index is 8.36. The van der Waals surface area contributed by atoms with E-state index < -0.39 is 5.09 Å². The first-order valence-corrected chi connectivity index (χ1v) is 11.1. The molecule has 0 fully saturated rings. The first-order valence-electron chi connectivity index (χ1n) is 8.67. The number of benzene rings is 2. The van der Waals surface area contributed by atoms with Crippen LogP contribution in [0, 0.1) is 10.1 Å². The third-order valence-electron chi connectivity index (χ3n) is 3.74. The molecule has 0 bridgehead atoms. The standard InChI is InChI=1S/C19H16Cl4N2OS.HNO3/c20-14-2-1-13(18(22)7-14)10-26-11-16(9-25-6-5-24-12-25)27-15-3-4-17(21)19(23)8-15;2-1(3)4/h1-8,12,16H,9-11H2;(H,2,3,4). The molecule has 1 aromatic heterocycles. The Morgan fingerprint density at radius 2 is 1.87 bits per heavy atom. The topological polar surface area (TPSA) is 90.4 Å². The van der Waals surface area contributed by atoms with Crippen LogP contribution in [0.15, 0.2) is 60.0 Å². The van der Waals surface area contributed by atoms with Crippen LogP contribution in [-0.4, -0.2) is 31.7 Å². The summed E-state index contributed by atoms with van der Waals surface area (Å²) < 4.78 is 7.96. The van der Waals surface area contributed by atoms with Crippen LogP contribution in [0.25, 0.3) is 0 Å². The zero-order chi connectivity index (χ0) is 22.8. The Balaban J connectivity index is 0.000000785. The quantitative estimate of drug-likeness (QED) is 0.205. The lowest BCUT2D eigenvalue weighted by atomic mass is 10.2. The van der Waals surface area contributed by atoms with Crippen LogP contribution in [0.4, 0.5) is 0 Å². The number of rotatable bonds is 8. The molecule has 0 radical (unpaired) electrons. The first kappa shape index (κ1) is 25.6. The fourth-order valence-electron chi connectivity index (χ4n) is 2.44. The van der Waals surface area contributed by atoms with E-state index in [1.165, 1.54) is 0 Å². The van der Waals surface area contributed by atoms with Crippen molar-refractivity contribution in [2.24, 2.45) is 0 Å². The molecule has 1 unspecified atom stereocenters. The summed E-state index contributed by atoms with van der Waals surface area (Å²) in [6, 6.07) is 11.0. The first-order chi connectivity index (χ1) is 14.7. The van der Waals surface area contributed by atoms with Gasteiger partial charge in [0, 0.05) is 33.9 Å². The lowest BCUT2D eigenvalue weighted by Crippen LogP contribution is -2.18. The van der Waals surface area contributed by atoms with Crippen molar-refractivity contribution in [2.45, 2.75) is 23.3 Å². The number of aromatic nitrogens is 2. The van der Waals surface area contributed by atoms with Gasteiger partial charge < -0.3 is 14.5 Å². The van der Waals surface area contributed by atoms with Crippen molar-refractivity contribution in [2.75, 3.05) is 6.61 Å². The van der Waals surface area contributed by atoms with Gasteiger partial charge in [0.25, 0.3) is 5.09 Å². The van der Waals surface area contributed by atoms with Gasteiger partial charge in [0.15, 0.2) is 0 Å². The van der Waals surface area contributed by atoms with Gasteiger partial charge in [-0.1, -0.05) is 52.5 Å². The second kappa shape index (κ2) is 13.0. The van der Waals surface area contributed by atoms with E-state index in [0.717, 1.165) is 17.0 Å². The fraction of sp³-hybridized carbons (Fsp3) is 0.211. The molecular weight excluding hydrogens is 508 g/mol. The van der Waals surface area contributed by atoms with Crippen molar-refractivity contribution in [1.82, 2.24) is 9.55 Å². The van der Waals surface area contributed by atoms with Crippen LogP contribution in [-0.2, 0) is 17.9 Å². The Bertz CT molecular complexity index is 988. The molecule has 1 atom stereocenters. The lowest BCUT2D eigenvalue weighted by molar-refractivity contribution is -0.742. The Hall–Kier alpha value is -1.68. The van der Waals surface area contributed by atoms with Gasteiger partial charge in [-0.15, -0.1) is 21.9 Å². The molecule has 0 amide bonds. The molecule has 0 saturated carbocycles. The van der Waals surface area contributed by atoms with E-state index in [-0.39, 0.29) is 5.25 Å². The molecule has 3 rings (SSSR count). The van der Waals surface area contributed by atoms with Crippen molar-refractivity contribution < 1.29 is 15.0 Å². The number of halogens is 4. The Morgan fingerprint density at radius 1 is 1.13 bits per heavy atom. The SMILES string of the molecule is Clc1ccc(COCC(Cn2ccnc2)Sc2ccc(Cl)c(Cl)c2)c(Cl)c1.O=[N+]([O-])O. The second-order valence-corrected chi connectivity index (χ2v) is 9.10. The minimum atomic E-state index is -1.50. The van der Waals surface area contributed by atoms with Crippen LogP contribution in [0.2, 0.25) is 20.1 Å². The second-order valence-electron chi connectivity index (χ2n) is 6.06. The summed E-state index contributed by atoms with van der Waals surface area (Å²) in [7, 11) is 0. The number of imidazole rings is 1. The highest BCUT2D eigenvalue weighted by atomic mass is 35.5. The molecule has 0 aliphatic rings. The minimum absolute atomic E-state index is 0.155. The summed E-state index contributed by atoms with van der Waals surface area (Å²) in [5, 5.41) is 16.1. The Labute approximate surface area is 203 Å². The summed E-state index contributed by atoms with van der Waals surface area (Å²) in [6.45, 7) is 1.69. The van der Waals surface area contributed by atoms with E-state index in [4.69, 9.17) is 66.5 Å². The maximum Gasteiger partial charge on any atom is 0.291 e. The molecular formula is C19H17Cl4N3O4S. The molecule has 1 N–H and O–H groups in total. The average molecular weight is 525 g/mol. The van der Waals surface area contributed by atoms with E-state index in [1.807, 2.05) is 29.0 Å². The summed E-state index contributed by atoms with van der Waals surface area (Å²) in [5.41, 5.74) is 0.905. The minimum Gasteiger partial charge on any atom is -0.375 e. The molecule has 166 valence electrons. The van der Waals surface area contributed by atoms with Gasteiger partial charge in [-0.3, -0.25) is 0 Å². The van der Waals surface area contributed by atoms with Crippen LogP contribution < -0.4 is 0 Å². The monoisotopic (exact) mass is 523 g/mol. The largest absolute Gasteiger partial charge is 0.375 e. The fourth-order valence-corrected chi connectivity index (χ4v) is 4.39. The highest BCUT2D eigenvalue weighted by Crippen LogP contribution is 2.31. The number of ether oxygens (including phenoxy) is 1. The highest BCUT2D eigenvalue weighted by Gasteiger charge is 2.14. The number of hydrogen-bond donors (Lipinski definition) is 1. The zero-order valence-electron chi connectivity index (χ0n) is 15.8. The van der Waals surface area contributed by atoms with E-state index >= 15 is 0 Å². The number of nitrogens with zero attached hydrogens (tertiary/aromatic N) is 3. The van der Waals surface area contributed by atoms with Crippen LogP contribution >= 0.6 is 58.2 Å². The maximum atomic E-state index is 8.36. The number of thioether (sulfide) groups is 1. The smallest absolute Gasteiger partial charge is 0.291 e. The van der Waals surface area contributed by atoms with E-state index in [0.29, 0.717) is 33.3 Å². The van der Waals surface area contributed by atoms with Crippen LogP contribution in [0.5, 0.6) is 0 Å². The third kappa shape index (κ3) is 9.55. The molecule has 0 saturated heterocycles. The summed E-state index contributed by atoms with van der Waals surface area (Å²) in [4.78, 5) is 13.5. The molecule has 1 heterocycles. The zero-order valence-corrected chi connectivity index (χ0v) is 19.7. The van der Waals surface area contributed by atoms with E-state index in [9.17, 15) is 0 Å². The van der Waals surface area contributed by atoms with Crippen molar-refractivity contribution in [3.05, 3.63) is 90.9 Å². The van der Waals surface area contributed by atoms with Crippen molar-refractivity contribution in [3.63, 3.8) is 0 Å². The van der Waals surface area contributed by atoms with Crippen molar-refractivity contribution >= 4 is 58.2 Å². The Kier molecular flexibility index (Phi) is 10.7. The van der Waals surface area contributed by atoms with Gasteiger partial charge in [0.1, 0.15) is 0 Å². The van der Waals surface area contributed by atoms with Gasteiger partial charge in [-0.25, -0.2) is 4.98 Å². The van der Waals surface area contributed by atoms with Gasteiger partial charge in [0.05, 0.1) is 34.8 Å². The average Bonchev–Trinajstić information content (AvgIpc) is 3.19. The summed E-state index contributed by atoms with van der Waals surface area (Å²) >= 11 is 26.0. The molecule has 3 aromatic rings. The van der Waals surface area contributed by atoms with Gasteiger partial charge in [-0.05, 0) is 35.9 Å². The predicted molar refractivity (Wildman–Crippen MR) is 123 cm³/mol. The highest BCUT2D eigenvalue weighted by molar-refractivity contribution is 8.00. The van der Waals surface area contributed by atoms with Crippen molar-refractivity contribution in [3.8, 4) is 0 Å². The molecule has 12 heteroatoms. The Morgan fingerprint density at radius 3 is 2.48 bits per heavy atom. The normalized spacial score (nSPS) is 11.5. The van der Waals surface area contributed by atoms with Gasteiger partial charge in [0.2, 0.25) is 0 Å². The summed E-state index contributed by atoms with van der Waals surface area (Å²) in [6.07, 6.45) is 5.48. The van der Waals surface area contributed by atoms with E-state index in [2.05, 4.69) is 4.98 Å². The molecule has 7 nitrogen and oxygen atoms in total. The third-order valence-corrected chi connectivity index (χ3v) is 6.21. The van der Waals surface area contributed by atoms with E-state index in [1.54, 1.807) is 42.5 Å². The number of hydrogen-bond acceptors (Lipinski definition) is 5.